The first-order valence-electron chi connectivity index (χ1n) is 6.69. The second-order valence-electron chi connectivity index (χ2n) is 4.68. The smallest absolute Gasteiger partial charge is 0.269 e. The van der Waals surface area contributed by atoms with Crippen LogP contribution in [0.3, 0.4) is 0 Å². The molecule has 1 atom stereocenters. The van der Waals surface area contributed by atoms with Gasteiger partial charge in [-0.25, -0.2) is 0 Å². The van der Waals surface area contributed by atoms with Crippen LogP contribution in [0.2, 0.25) is 5.02 Å². The number of nitro groups is 1. The maximum Gasteiger partial charge on any atom is 0.269 e. The molecule has 1 unspecified atom stereocenters. The third kappa shape index (κ3) is 4.88. The van der Waals surface area contributed by atoms with Crippen molar-refractivity contribution in [1.29, 1.82) is 0 Å². The van der Waals surface area contributed by atoms with Crippen molar-refractivity contribution in [3.8, 4) is 0 Å². The number of aliphatic hydroxyl groups is 1. The molecule has 2 rings (SSSR count). The van der Waals surface area contributed by atoms with E-state index in [0.29, 0.717) is 21.4 Å². The Kier molecular flexibility index (Phi) is 5.86. The summed E-state index contributed by atoms with van der Waals surface area (Å²) in [5.74, 6) is 0. The number of hydrogen-bond acceptors (Lipinski definition) is 4. The number of non-ortho nitro benzene ring substituents is 1. The molecule has 0 aliphatic carbocycles. The van der Waals surface area contributed by atoms with Gasteiger partial charge in [-0.3, -0.25) is 10.1 Å². The maximum absolute atomic E-state index is 10.6. The van der Waals surface area contributed by atoms with Gasteiger partial charge in [0.15, 0.2) is 5.11 Å². The Balaban J connectivity index is 1.88. The van der Waals surface area contributed by atoms with Crippen LogP contribution in [0.25, 0.3) is 0 Å². The molecule has 0 heterocycles. The minimum Gasteiger partial charge on any atom is -0.387 e. The van der Waals surface area contributed by atoms with E-state index in [1.807, 2.05) is 12.1 Å². The minimum absolute atomic E-state index is 0.0233. The molecule has 3 N–H and O–H groups in total. The lowest BCUT2D eigenvalue weighted by Crippen LogP contribution is -2.32. The molecule has 2 aromatic rings. The summed E-state index contributed by atoms with van der Waals surface area (Å²) in [5, 5.41) is 27.3. The molecule has 0 spiro atoms. The molecule has 0 fully saturated rings. The van der Waals surface area contributed by atoms with E-state index in [-0.39, 0.29) is 12.2 Å². The van der Waals surface area contributed by atoms with Crippen LogP contribution >= 0.6 is 23.8 Å². The lowest BCUT2D eigenvalue weighted by atomic mass is 10.1. The predicted molar refractivity (Wildman–Crippen MR) is 93.7 cm³/mol. The molecule has 2 aromatic carbocycles. The molecule has 23 heavy (non-hydrogen) atoms. The van der Waals surface area contributed by atoms with E-state index in [4.69, 9.17) is 23.8 Å². The van der Waals surface area contributed by atoms with Gasteiger partial charge in [-0.05, 0) is 42.0 Å². The van der Waals surface area contributed by atoms with Crippen LogP contribution in [0.15, 0.2) is 48.5 Å². The first-order chi connectivity index (χ1) is 11.0. The third-order valence-electron chi connectivity index (χ3n) is 3.07. The van der Waals surface area contributed by atoms with Crippen molar-refractivity contribution in [3.63, 3.8) is 0 Å². The highest BCUT2D eigenvalue weighted by Gasteiger charge is 2.11. The average Bonchev–Trinajstić information content (AvgIpc) is 2.55. The molecule has 0 saturated carbocycles. The largest absolute Gasteiger partial charge is 0.387 e. The number of nitro benzene ring substituents is 1. The van der Waals surface area contributed by atoms with Crippen LogP contribution in [-0.2, 0) is 0 Å². The first kappa shape index (κ1) is 17.1. The summed E-state index contributed by atoms with van der Waals surface area (Å²) in [7, 11) is 0. The monoisotopic (exact) mass is 351 g/mol. The lowest BCUT2D eigenvalue weighted by Gasteiger charge is -2.15. The number of halogens is 1. The quantitative estimate of drug-likeness (QED) is 0.435. The highest BCUT2D eigenvalue weighted by atomic mass is 35.5. The van der Waals surface area contributed by atoms with Crippen molar-refractivity contribution in [3.05, 3.63) is 69.2 Å². The number of para-hydroxylation sites is 1. The summed E-state index contributed by atoms with van der Waals surface area (Å²) < 4.78 is 0. The van der Waals surface area contributed by atoms with Crippen LogP contribution in [-0.4, -0.2) is 21.7 Å². The average molecular weight is 352 g/mol. The van der Waals surface area contributed by atoms with Gasteiger partial charge in [0.1, 0.15) is 0 Å². The van der Waals surface area contributed by atoms with E-state index in [2.05, 4.69) is 10.6 Å². The highest BCUT2D eigenvalue weighted by Crippen LogP contribution is 2.20. The Morgan fingerprint density at radius 3 is 2.52 bits per heavy atom. The zero-order valence-corrected chi connectivity index (χ0v) is 13.5. The van der Waals surface area contributed by atoms with E-state index < -0.39 is 11.0 Å². The van der Waals surface area contributed by atoms with Crippen LogP contribution in [0.4, 0.5) is 11.4 Å². The number of hydrogen-bond donors (Lipinski definition) is 3. The standard InChI is InChI=1S/C15H14ClN3O3S/c16-12-3-1-2-4-13(12)18-15(23)17-9-14(20)10-5-7-11(8-6-10)19(21)22/h1-8,14,20H,9H2,(H2,17,18,23). The molecule has 0 radical (unpaired) electrons. The molecule has 6 nitrogen and oxygen atoms in total. The number of benzene rings is 2. The van der Waals surface area contributed by atoms with Gasteiger partial charge < -0.3 is 15.7 Å². The van der Waals surface area contributed by atoms with Gasteiger partial charge in [-0.2, -0.15) is 0 Å². The maximum atomic E-state index is 10.6. The number of aliphatic hydroxyl groups excluding tert-OH is 1. The molecule has 0 aliphatic rings. The molecule has 0 amide bonds. The summed E-state index contributed by atoms with van der Waals surface area (Å²) in [6, 6.07) is 12.9. The Morgan fingerprint density at radius 2 is 1.91 bits per heavy atom. The fourth-order valence-corrected chi connectivity index (χ4v) is 2.23. The molecule has 120 valence electrons. The highest BCUT2D eigenvalue weighted by molar-refractivity contribution is 7.80. The Labute approximate surface area is 143 Å². The summed E-state index contributed by atoms with van der Waals surface area (Å²) >= 11 is 11.2. The Hall–Kier alpha value is -2.22. The number of nitrogens with zero attached hydrogens (tertiary/aromatic N) is 1. The van der Waals surface area contributed by atoms with Gasteiger partial charge in [0.25, 0.3) is 5.69 Å². The summed E-state index contributed by atoms with van der Waals surface area (Å²) in [5.41, 5.74) is 1.20. The summed E-state index contributed by atoms with van der Waals surface area (Å²) in [6.07, 6.45) is -0.846. The lowest BCUT2D eigenvalue weighted by molar-refractivity contribution is -0.384. The normalized spacial score (nSPS) is 11.6. The van der Waals surface area contributed by atoms with Gasteiger partial charge in [0.05, 0.1) is 21.7 Å². The van der Waals surface area contributed by atoms with E-state index in [1.54, 1.807) is 12.1 Å². The molecule has 0 saturated heterocycles. The van der Waals surface area contributed by atoms with Crippen LogP contribution < -0.4 is 10.6 Å². The molecular weight excluding hydrogens is 338 g/mol. The predicted octanol–water partition coefficient (Wildman–Crippen LogP) is 3.27. The van der Waals surface area contributed by atoms with Crippen molar-refractivity contribution in [2.45, 2.75) is 6.10 Å². The number of rotatable bonds is 5. The van der Waals surface area contributed by atoms with Gasteiger partial charge in [-0.1, -0.05) is 23.7 Å². The SMILES string of the molecule is O=[N+]([O-])c1ccc(C(O)CNC(=S)Nc2ccccc2Cl)cc1. The Bertz CT molecular complexity index is 709. The van der Waals surface area contributed by atoms with Crippen LogP contribution in [0, 0.1) is 10.1 Å². The zero-order chi connectivity index (χ0) is 16.8. The van der Waals surface area contributed by atoms with Crippen molar-refractivity contribution in [2.24, 2.45) is 0 Å². The third-order valence-corrected chi connectivity index (χ3v) is 3.64. The van der Waals surface area contributed by atoms with Gasteiger partial charge in [0, 0.05) is 18.7 Å². The van der Waals surface area contributed by atoms with Crippen molar-refractivity contribution in [2.75, 3.05) is 11.9 Å². The van der Waals surface area contributed by atoms with Crippen molar-refractivity contribution < 1.29 is 10.0 Å². The zero-order valence-electron chi connectivity index (χ0n) is 11.9. The second-order valence-corrected chi connectivity index (χ2v) is 5.49. The topological polar surface area (TPSA) is 87.4 Å². The van der Waals surface area contributed by atoms with Crippen LogP contribution in [0.1, 0.15) is 11.7 Å². The number of nitrogens with one attached hydrogen (secondary N) is 2. The summed E-state index contributed by atoms with van der Waals surface area (Å²) in [4.78, 5) is 10.1. The van der Waals surface area contributed by atoms with Crippen molar-refractivity contribution >= 4 is 40.3 Å². The fraction of sp³-hybridized carbons (Fsp3) is 0.133. The molecular formula is C15H14ClN3O3S. The van der Waals surface area contributed by atoms with E-state index in [9.17, 15) is 15.2 Å². The van der Waals surface area contributed by atoms with E-state index >= 15 is 0 Å². The fourth-order valence-electron chi connectivity index (χ4n) is 1.85. The van der Waals surface area contributed by atoms with Gasteiger partial charge in [-0.15, -0.1) is 0 Å². The first-order valence-corrected chi connectivity index (χ1v) is 7.48. The molecule has 0 bridgehead atoms. The second kappa shape index (κ2) is 7.87. The van der Waals surface area contributed by atoms with Crippen molar-refractivity contribution in [1.82, 2.24) is 5.32 Å². The van der Waals surface area contributed by atoms with E-state index in [1.165, 1.54) is 24.3 Å². The number of anilines is 1. The molecule has 8 heteroatoms. The minimum atomic E-state index is -0.846. The van der Waals surface area contributed by atoms with Gasteiger partial charge in [0.2, 0.25) is 0 Å². The van der Waals surface area contributed by atoms with Crippen LogP contribution in [0.5, 0.6) is 0 Å². The van der Waals surface area contributed by atoms with E-state index in [0.717, 1.165) is 0 Å². The molecule has 0 aliphatic heterocycles. The van der Waals surface area contributed by atoms with Gasteiger partial charge >= 0.3 is 0 Å². The summed E-state index contributed by atoms with van der Waals surface area (Å²) in [6.45, 7) is 0.161. The Morgan fingerprint density at radius 1 is 1.26 bits per heavy atom. The number of thiocarbonyl (C=S) groups is 1. The molecule has 0 aromatic heterocycles.